The molecule has 0 radical (unpaired) electrons. The zero-order chi connectivity index (χ0) is 18.4. The fraction of sp³-hybridized carbons (Fsp3) is 0.238. The second kappa shape index (κ2) is 8.34. The van der Waals surface area contributed by atoms with Crippen molar-refractivity contribution >= 4 is 16.7 Å². The van der Waals surface area contributed by atoms with Crippen molar-refractivity contribution < 1.29 is 14.3 Å². The molecule has 0 bridgehead atoms. The van der Waals surface area contributed by atoms with Crippen LogP contribution in [-0.4, -0.2) is 23.6 Å². The minimum absolute atomic E-state index is 0.0275. The number of carbonyl (C=O) groups is 1. The molecule has 0 spiro atoms. The van der Waals surface area contributed by atoms with Crippen molar-refractivity contribution in [1.29, 1.82) is 0 Å². The first-order valence-electron chi connectivity index (χ1n) is 8.60. The van der Waals surface area contributed by atoms with Gasteiger partial charge in [-0.1, -0.05) is 36.4 Å². The van der Waals surface area contributed by atoms with Crippen molar-refractivity contribution in [3.63, 3.8) is 0 Å². The van der Waals surface area contributed by atoms with Crippen LogP contribution < -0.4 is 14.8 Å². The second-order valence-corrected chi connectivity index (χ2v) is 6.25. The average Bonchev–Trinajstić information content (AvgIpc) is 2.65. The summed E-state index contributed by atoms with van der Waals surface area (Å²) in [6, 6.07) is 17.5. The molecular formula is C21H22N2O3. The quantitative estimate of drug-likeness (QED) is 0.705. The third-order valence-electron chi connectivity index (χ3n) is 3.73. The van der Waals surface area contributed by atoms with Crippen LogP contribution in [0, 0.1) is 0 Å². The Morgan fingerprint density at radius 3 is 2.62 bits per heavy atom. The Morgan fingerprint density at radius 2 is 1.88 bits per heavy atom. The Morgan fingerprint density at radius 1 is 1.08 bits per heavy atom. The van der Waals surface area contributed by atoms with Gasteiger partial charge in [-0.3, -0.25) is 4.79 Å². The highest BCUT2D eigenvalue weighted by Gasteiger charge is 2.05. The summed E-state index contributed by atoms with van der Waals surface area (Å²) in [4.78, 5) is 16.2. The molecule has 0 aliphatic rings. The Kier molecular flexibility index (Phi) is 5.69. The van der Waals surface area contributed by atoms with E-state index in [1.165, 1.54) is 0 Å². The summed E-state index contributed by atoms with van der Waals surface area (Å²) < 4.78 is 11.1. The summed E-state index contributed by atoms with van der Waals surface area (Å²) in [6.07, 6.45) is 1.78. The van der Waals surface area contributed by atoms with Gasteiger partial charge in [0, 0.05) is 18.8 Å². The van der Waals surface area contributed by atoms with Crippen LogP contribution in [0.25, 0.3) is 10.8 Å². The van der Waals surface area contributed by atoms with Crippen LogP contribution >= 0.6 is 0 Å². The van der Waals surface area contributed by atoms with Gasteiger partial charge in [-0.25, -0.2) is 4.98 Å². The zero-order valence-electron chi connectivity index (χ0n) is 14.9. The van der Waals surface area contributed by atoms with E-state index < -0.39 is 0 Å². The standard InChI is InChI=1S/C21H22N2O3/c1-15(2)26-21-10-7-16(13-23-21)12-22-20(24)14-25-19-9-8-17-5-3-4-6-18(17)11-19/h3-11,13,15H,12,14H2,1-2H3,(H,22,24). The Bertz CT molecular complexity index is 876. The lowest BCUT2D eigenvalue weighted by molar-refractivity contribution is -0.123. The van der Waals surface area contributed by atoms with Crippen molar-refractivity contribution in [2.24, 2.45) is 0 Å². The summed E-state index contributed by atoms with van der Waals surface area (Å²) in [6.45, 7) is 4.27. The molecule has 0 atom stereocenters. The number of aromatic nitrogens is 1. The van der Waals surface area contributed by atoms with Gasteiger partial charge in [0.05, 0.1) is 6.10 Å². The van der Waals surface area contributed by atoms with Crippen molar-refractivity contribution in [3.8, 4) is 11.6 Å². The maximum atomic E-state index is 12.0. The maximum Gasteiger partial charge on any atom is 0.258 e. The van der Waals surface area contributed by atoms with E-state index in [0.717, 1.165) is 16.3 Å². The summed E-state index contributed by atoms with van der Waals surface area (Å²) in [5.74, 6) is 1.08. The molecule has 134 valence electrons. The van der Waals surface area contributed by atoms with Gasteiger partial charge in [0.1, 0.15) is 5.75 Å². The molecule has 0 saturated heterocycles. The number of ether oxygens (including phenoxy) is 2. The summed E-state index contributed by atoms with van der Waals surface area (Å²) in [5.41, 5.74) is 0.903. The molecular weight excluding hydrogens is 328 g/mol. The van der Waals surface area contributed by atoms with Crippen LogP contribution in [0.2, 0.25) is 0 Å². The Balaban J connectivity index is 1.47. The van der Waals surface area contributed by atoms with Gasteiger partial charge in [-0.15, -0.1) is 0 Å². The maximum absolute atomic E-state index is 12.0. The SMILES string of the molecule is CC(C)Oc1ccc(CNC(=O)COc2ccc3ccccc3c2)cn1. The number of nitrogens with zero attached hydrogens (tertiary/aromatic N) is 1. The van der Waals surface area contributed by atoms with Crippen LogP contribution in [0.3, 0.4) is 0 Å². The van der Waals surface area contributed by atoms with E-state index in [1.807, 2.05) is 62.4 Å². The van der Waals surface area contributed by atoms with Gasteiger partial charge in [-0.05, 0) is 42.3 Å². The second-order valence-electron chi connectivity index (χ2n) is 6.25. The molecule has 0 aliphatic heterocycles. The van der Waals surface area contributed by atoms with E-state index in [9.17, 15) is 4.79 Å². The number of carbonyl (C=O) groups excluding carboxylic acids is 1. The van der Waals surface area contributed by atoms with Crippen molar-refractivity contribution in [1.82, 2.24) is 10.3 Å². The number of amides is 1. The lowest BCUT2D eigenvalue weighted by Crippen LogP contribution is -2.28. The number of pyridine rings is 1. The highest BCUT2D eigenvalue weighted by atomic mass is 16.5. The molecule has 0 fully saturated rings. The predicted molar refractivity (Wildman–Crippen MR) is 101 cm³/mol. The van der Waals surface area contributed by atoms with Crippen LogP contribution in [0.15, 0.2) is 60.8 Å². The van der Waals surface area contributed by atoms with E-state index in [4.69, 9.17) is 9.47 Å². The molecule has 5 heteroatoms. The minimum Gasteiger partial charge on any atom is -0.484 e. The number of fused-ring (bicyclic) bond motifs is 1. The third-order valence-corrected chi connectivity index (χ3v) is 3.73. The first-order chi connectivity index (χ1) is 12.6. The third kappa shape index (κ3) is 4.96. The molecule has 1 amide bonds. The molecule has 1 heterocycles. The van der Waals surface area contributed by atoms with Gasteiger partial charge < -0.3 is 14.8 Å². The highest BCUT2D eigenvalue weighted by Crippen LogP contribution is 2.20. The molecule has 1 aromatic heterocycles. The number of hydrogen-bond acceptors (Lipinski definition) is 4. The van der Waals surface area contributed by atoms with E-state index in [-0.39, 0.29) is 18.6 Å². The predicted octanol–water partition coefficient (Wildman–Crippen LogP) is 3.72. The van der Waals surface area contributed by atoms with Gasteiger partial charge >= 0.3 is 0 Å². The smallest absolute Gasteiger partial charge is 0.258 e. The minimum atomic E-state index is -0.180. The summed E-state index contributed by atoms with van der Waals surface area (Å²) >= 11 is 0. The molecule has 1 N–H and O–H groups in total. The molecule has 0 unspecified atom stereocenters. The normalized spacial score (nSPS) is 10.7. The topological polar surface area (TPSA) is 60.5 Å². The van der Waals surface area contributed by atoms with E-state index in [0.29, 0.717) is 18.2 Å². The summed E-state index contributed by atoms with van der Waals surface area (Å²) in [7, 11) is 0. The van der Waals surface area contributed by atoms with Gasteiger partial charge in [0.25, 0.3) is 5.91 Å². The lowest BCUT2D eigenvalue weighted by Gasteiger charge is -2.10. The molecule has 26 heavy (non-hydrogen) atoms. The molecule has 2 aromatic carbocycles. The van der Waals surface area contributed by atoms with Gasteiger partial charge in [-0.2, -0.15) is 0 Å². The fourth-order valence-corrected chi connectivity index (χ4v) is 2.48. The van der Waals surface area contributed by atoms with Gasteiger partial charge in [0.15, 0.2) is 6.61 Å². The van der Waals surface area contributed by atoms with Crippen LogP contribution in [-0.2, 0) is 11.3 Å². The number of nitrogens with one attached hydrogen (secondary N) is 1. The summed E-state index contributed by atoms with van der Waals surface area (Å²) in [5, 5.41) is 5.05. The van der Waals surface area contributed by atoms with E-state index >= 15 is 0 Å². The monoisotopic (exact) mass is 350 g/mol. The Hall–Kier alpha value is -3.08. The molecule has 3 rings (SSSR count). The average molecular weight is 350 g/mol. The van der Waals surface area contributed by atoms with E-state index in [1.54, 1.807) is 12.3 Å². The van der Waals surface area contributed by atoms with Crippen LogP contribution in [0.4, 0.5) is 0 Å². The number of hydrogen-bond donors (Lipinski definition) is 1. The molecule has 0 aliphatic carbocycles. The number of benzene rings is 2. The fourth-order valence-electron chi connectivity index (χ4n) is 2.48. The van der Waals surface area contributed by atoms with Crippen molar-refractivity contribution in [2.45, 2.75) is 26.5 Å². The van der Waals surface area contributed by atoms with Crippen molar-refractivity contribution in [3.05, 3.63) is 66.4 Å². The largest absolute Gasteiger partial charge is 0.484 e. The van der Waals surface area contributed by atoms with Crippen molar-refractivity contribution in [2.75, 3.05) is 6.61 Å². The lowest BCUT2D eigenvalue weighted by atomic mass is 10.1. The molecule has 5 nitrogen and oxygen atoms in total. The first-order valence-corrected chi connectivity index (χ1v) is 8.60. The Labute approximate surface area is 153 Å². The first kappa shape index (κ1) is 17.7. The highest BCUT2D eigenvalue weighted by molar-refractivity contribution is 5.84. The number of rotatable bonds is 7. The van der Waals surface area contributed by atoms with Crippen LogP contribution in [0.5, 0.6) is 11.6 Å². The molecule has 0 saturated carbocycles. The molecule has 3 aromatic rings. The van der Waals surface area contributed by atoms with E-state index in [2.05, 4.69) is 10.3 Å². The van der Waals surface area contributed by atoms with Crippen LogP contribution in [0.1, 0.15) is 19.4 Å². The zero-order valence-corrected chi connectivity index (χ0v) is 14.9. The van der Waals surface area contributed by atoms with Gasteiger partial charge in [0.2, 0.25) is 5.88 Å².